The number of halogens is 4. The normalized spacial score (nSPS) is 14.8. The summed E-state index contributed by atoms with van der Waals surface area (Å²) >= 11 is 3.03. The molecule has 2 rings (SSSR count). The summed E-state index contributed by atoms with van der Waals surface area (Å²) in [6, 6.07) is 11.0. The molecule has 8 heteroatoms. The van der Waals surface area contributed by atoms with E-state index in [1.165, 1.54) is 6.07 Å². The minimum absolute atomic E-state index is 0.0197. The molecule has 2 aromatic rings. The van der Waals surface area contributed by atoms with Crippen LogP contribution in [0.15, 0.2) is 46.9 Å². The van der Waals surface area contributed by atoms with Crippen molar-refractivity contribution in [3.05, 3.63) is 69.7 Å². The largest absolute Gasteiger partial charge is 0.396 e. The van der Waals surface area contributed by atoms with Crippen molar-refractivity contribution >= 4 is 15.9 Å². The standard InChI is InChI=1S/C18H19BrF3NO3/c19-13-8-14(16(22)15(21)9-13)18(11-20,6-7-24)23-17(25)26-10-12-4-2-1-3-5-12/h1-5,8-9,17,23-25H,6-7,10-11H2/t17?,18-/m1/s1. The van der Waals surface area contributed by atoms with Crippen molar-refractivity contribution in [2.24, 2.45) is 0 Å². The van der Waals surface area contributed by atoms with E-state index in [0.717, 1.165) is 11.6 Å². The maximum Gasteiger partial charge on any atom is 0.214 e. The van der Waals surface area contributed by atoms with Crippen molar-refractivity contribution in [1.29, 1.82) is 0 Å². The number of nitrogens with one attached hydrogen (secondary N) is 1. The summed E-state index contributed by atoms with van der Waals surface area (Å²) in [5.41, 5.74) is -1.45. The van der Waals surface area contributed by atoms with Gasteiger partial charge in [0.15, 0.2) is 11.6 Å². The molecular weight excluding hydrogens is 415 g/mol. The van der Waals surface area contributed by atoms with Crippen LogP contribution < -0.4 is 5.32 Å². The van der Waals surface area contributed by atoms with Crippen molar-refractivity contribution in [2.45, 2.75) is 25.0 Å². The Morgan fingerprint density at radius 2 is 1.88 bits per heavy atom. The van der Waals surface area contributed by atoms with Crippen molar-refractivity contribution in [3.63, 3.8) is 0 Å². The second-order valence-electron chi connectivity index (χ2n) is 5.73. The molecule has 0 fully saturated rings. The smallest absolute Gasteiger partial charge is 0.214 e. The Bertz CT molecular complexity index is 720. The summed E-state index contributed by atoms with van der Waals surface area (Å²) in [7, 11) is 0. The molecule has 0 spiro atoms. The maximum atomic E-state index is 14.3. The van der Waals surface area contributed by atoms with Crippen LogP contribution >= 0.6 is 15.9 Å². The highest BCUT2D eigenvalue weighted by molar-refractivity contribution is 9.10. The van der Waals surface area contributed by atoms with Gasteiger partial charge in [0.25, 0.3) is 0 Å². The highest BCUT2D eigenvalue weighted by Gasteiger charge is 2.38. The summed E-state index contributed by atoms with van der Waals surface area (Å²) in [4.78, 5) is 0. The van der Waals surface area contributed by atoms with Gasteiger partial charge < -0.3 is 14.9 Å². The van der Waals surface area contributed by atoms with Crippen LogP contribution in [-0.2, 0) is 16.9 Å². The molecule has 0 heterocycles. The molecule has 0 bridgehead atoms. The van der Waals surface area contributed by atoms with Crippen LogP contribution in [0.1, 0.15) is 17.5 Å². The van der Waals surface area contributed by atoms with E-state index in [2.05, 4.69) is 21.2 Å². The first-order valence-corrected chi connectivity index (χ1v) is 8.64. The molecule has 0 aliphatic rings. The first-order chi connectivity index (χ1) is 12.4. The van der Waals surface area contributed by atoms with Gasteiger partial charge in [0, 0.05) is 16.6 Å². The molecule has 0 aliphatic heterocycles. The van der Waals surface area contributed by atoms with Gasteiger partial charge in [0.05, 0.1) is 12.1 Å². The Labute approximate surface area is 157 Å². The molecule has 0 saturated carbocycles. The van der Waals surface area contributed by atoms with E-state index in [1.54, 1.807) is 24.3 Å². The van der Waals surface area contributed by atoms with Gasteiger partial charge in [-0.15, -0.1) is 0 Å². The predicted molar refractivity (Wildman–Crippen MR) is 93.8 cm³/mol. The third-order valence-corrected chi connectivity index (χ3v) is 4.38. The molecule has 0 saturated heterocycles. The van der Waals surface area contributed by atoms with Gasteiger partial charge in [-0.3, -0.25) is 5.32 Å². The molecule has 0 radical (unpaired) electrons. The van der Waals surface area contributed by atoms with Crippen LogP contribution in [0.2, 0.25) is 0 Å². The highest BCUT2D eigenvalue weighted by atomic mass is 79.9. The summed E-state index contributed by atoms with van der Waals surface area (Å²) in [5.74, 6) is -2.44. The van der Waals surface area contributed by atoms with E-state index in [9.17, 15) is 23.4 Å². The second-order valence-corrected chi connectivity index (χ2v) is 6.65. The van der Waals surface area contributed by atoms with Crippen LogP contribution in [0.5, 0.6) is 0 Å². The van der Waals surface area contributed by atoms with Crippen molar-refractivity contribution in [3.8, 4) is 0 Å². The fraction of sp³-hybridized carbons (Fsp3) is 0.333. The number of aliphatic hydroxyl groups is 2. The lowest BCUT2D eigenvalue weighted by molar-refractivity contribution is -0.148. The zero-order valence-corrected chi connectivity index (χ0v) is 15.3. The first-order valence-electron chi connectivity index (χ1n) is 7.85. The Hall–Kier alpha value is -1.45. The second kappa shape index (κ2) is 9.48. The van der Waals surface area contributed by atoms with Gasteiger partial charge in [0.2, 0.25) is 6.41 Å². The van der Waals surface area contributed by atoms with Crippen molar-refractivity contribution in [1.82, 2.24) is 5.32 Å². The lowest BCUT2D eigenvalue weighted by atomic mass is 9.87. The van der Waals surface area contributed by atoms with Crippen LogP contribution in [0.25, 0.3) is 0 Å². The molecule has 4 nitrogen and oxygen atoms in total. The predicted octanol–water partition coefficient (Wildman–Crippen LogP) is 3.36. The molecule has 2 atom stereocenters. The SMILES string of the molecule is OCC[C@](CF)(NC(O)OCc1ccccc1)c1cc(Br)cc(F)c1F. The minimum Gasteiger partial charge on any atom is -0.396 e. The zero-order valence-electron chi connectivity index (χ0n) is 13.8. The average Bonchev–Trinajstić information content (AvgIpc) is 2.63. The fourth-order valence-electron chi connectivity index (χ4n) is 2.58. The molecule has 0 amide bonds. The quantitative estimate of drug-likeness (QED) is 0.419. The van der Waals surface area contributed by atoms with Crippen LogP contribution in [0.3, 0.4) is 0 Å². The third kappa shape index (κ3) is 5.05. The summed E-state index contributed by atoms with van der Waals surface area (Å²) < 4.78 is 47.4. The molecule has 1 unspecified atom stereocenters. The minimum atomic E-state index is -1.86. The number of hydrogen-bond donors (Lipinski definition) is 3. The Kier molecular flexibility index (Phi) is 7.60. The number of aliphatic hydroxyl groups excluding tert-OH is 2. The lowest BCUT2D eigenvalue weighted by Crippen LogP contribution is -2.51. The fourth-order valence-corrected chi connectivity index (χ4v) is 3.01. The van der Waals surface area contributed by atoms with E-state index in [4.69, 9.17) is 4.74 Å². The van der Waals surface area contributed by atoms with E-state index in [0.29, 0.717) is 0 Å². The molecule has 2 aromatic carbocycles. The van der Waals surface area contributed by atoms with E-state index in [1.807, 2.05) is 6.07 Å². The molecule has 142 valence electrons. The van der Waals surface area contributed by atoms with Gasteiger partial charge in [-0.1, -0.05) is 46.3 Å². The van der Waals surface area contributed by atoms with Gasteiger partial charge in [0.1, 0.15) is 6.67 Å². The van der Waals surface area contributed by atoms with E-state index in [-0.39, 0.29) is 23.1 Å². The van der Waals surface area contributed by atoms with Gasteiger partial charge in [-0.05, 0) is 24.1 Å². The van der Waals surface area contributed by atoms with Crippen LogP contribution in [-0.4, -0.2) is 29.9 Å². The Balaban J connectivity index is 2.23. The monoisotopic (exact) mass is 433 g/mol. The van der Waals surface area contributed by atoms with E-state index < -0.39 is 36.9 Å². The average molecular weight is 434 g/mol. The number of alkyl halides is 1. The summed E-state index contributed by atoms with van der Waals surface area (Å²) in [5, 5.41) is 21.8. The van der Waals surface area contributed by atoms with Crippen LogP contribution in [0, 0.1) is 11.6 Å². The molecule has 26 heavy (non-hydrogen) atoms. The van der Waals surface area contributed by atoms with E-state index >= 15 is 0 Å². The topological polar surface area (TPSA) is 61.7 Å². The third-order valence-electron chi connectivity index (χ3n) is 3.93. The molecule has 0 aromatic heterocycles. The number of ether oxygens (including phenoxy) is 1. The highest BCUT2D eigenvalue weighted by Crippen LogP contribution is 2.32. The Morgan fingerprint density at radius 1 is 1.19 bits per heavy atom. The number of benzene rings is 2. The summed E-state index contributed by atoms with van der Waals surface area (Å²) in [6.07, 6.45) is -1.97. The first kappa shape index (κ1) is 20.9. The lowest BCUT2D eigenvalue weighted by Gasteiger charge is -2.34. The van der Waals surface area contributed by atoms with Gasteiger partial charge >= 0.3 is 0 Å². The molecule has 0 aliphatic carbocycles. The number of rotatable bonds is 9. The van der Waals surface area contributed by atoms with Gasteiger partial charge in [-0.2, -0.15) is 0 Å². The number of hydrogen-bond acceptors (Lipinski definition) is 4. The zero-order chi connectivity index (χ0) is 19.2. The maximum absolute atomic E-state index is 14.3. The van der Waals surface area contributed by atoms with Gasteiger partial charge in [-0.25, -0.2) is 13.2 Å². The Morgan fingerprint density at radius 3 is 2.50 bits per heavy atom. The van der Waals surface area contributed by atoms with Crippen molar-refractivity contribution in [2.75, 3.05) is 13.3 Å². The van der Waals surface area contributed by atoms with Crippen LogP contribution in [0.4, 0.5) is 13.2 Å². The molecular formula is C18H19BrF3NO3. The molecule has 3 N–H and O–H groups in total. The summed E-state index contributed by atoms with van der Waals surface area (Å²) in [6.45, 7) is -1.70. The van der Waals surface area contributed by atoms with Crippen molar-refractivity contribution < 1.29 is 28.1 Å².